The van der Waals surface area contributed by atoms with Crippen LogP contribution < -0.4 is 0 Å². The standard InChI is InChI=1S/C9H10N4OS/c1-6(14)2-3-15-9-7-8(11-4-10-7)12-5-13-9/h4-5H,2-3H2,1H3,(H,10,11,12,13). The largest absolute Gasteiger partial charge is 0.341 e. The normalized spacial score (nSPS) is 10.7. The van der Waals surface area contributed by atoms with E-state index in [1.165, 1.54) is 18.1 Å². The summed E-state index contributed by atoms with van der Waals surface area (Å²) in [5.41, 5.74) is 1.50. The molecule has 0 saturated heterocycles. The molecule has 0 bridgehead atoms. The van der Waals surface area contributed by atoms with Gasteiger partial charge in [-0.25, -0.2) is 15.0 Å². The van der Waals surface area contributed by atoms with Crippen LogP contribution in [0.5, 0.6) is 0 Å². The number of nitrogens with zero attached hydrogens (tertiary/aromatic N) is 3. The van der Waals surface area contributed by atoms with Crippen molar-refractivity contribution in [3.63, 3.8) is 0 Å². The lowest BCUT2D eigenvalue weighted by molar-refractivity contribution is -0.116. The van der Waals surface area contributed by atoms with Crippen LogP contribution in [0.3, 0.4) is 0 Å². The number of H-pyrrole nitrogens is 1. The van der Waals surface area contributed by atoms with Crippen LogP contribution in [0.4, 0.5) is 0 Å². The number of aromatic amines is 1. The van der Waals surface area contributed by atoms with Gasteiger partial charge in [0.2, 0.25) is 0 Å². The van der Waals surface area contributed by atoms with E-state index < -0.39 is 0 Å². The van der Waals surface area contributed by atoms with Gasteiger partial charge in [0.15, 0.2) is 5.65 Å². The Morgan fingerprint density at radius 2 is 2.33 bits per heavy atom. The van der Waals surface area contributed by atoms with Gasteiger partial charge >= 0.3 is 0 Å². The molecule has 2 rings (SSSR count). The Kier molecular flexibility index (Phi) is 2.96. The maximum absolute atomic E-state index is 10.8. The van der Waals surface area contributed by atoms with Crippen molar-refractivity contribution in [2.24, 2.45) is 0 Å². The zero-order valence-electron chi connectivity index (χ0n) is 8.23. The number of nitrogens with one attached hydrogen (secondary N) is 1. The number of fused-ring (bicyclic) bond motifs is 1. The summed E-state index contributed by atoms with van der Waals surface area (Å²) in [6.45, 7) is 1.59. The fourth-order valence-corrected chi connectivity index (χ4v) is 2.14. The van der Waals surface area contributed by atoms with Gasteiger partial charge < -0.3 is 4.98 Å². The van der Waals surface area contributed by atoms with Crippen molar-refractivity contribution in [2.45, 2.75) is 18.4 Å². The number of hydrogen-bond donors (Lipinski definition) is 1. The van der Waals surface area contributed by atoms with Crippen molar-refractivity contribution < 1.29 is 4.79 Å². The van der Waals surface area contributed by atoms with Crippen molar-refractivity contribution in [1.82, 2.24) is 19.9 Å². The van der Waals surface area contributed by atoms with E-state index in [0.29, 0.717) is 12.1 Å². The highest BCUT2D eigenvalue weighted by molar-refractivity contribution is 7.99. The summed E-state index contributed by atoms with van der Waals surface area (Å²) in [6.07, 6.45) is 3.64. The van der Waals surface area contributed by atoms with Crippen molar-refractivity contribution in [2.75, 3.05) is 5.75 Å². The lowest BCUT2D eigenvalue weighted by Gasteiger charge is -1.99. The molecule has 2 aromatic heterocycles. The highest BCUT2D eigenvalue weighted by Crippen LogP contribution is 2.22. The summed E-state index contributed by atoms with van der Waals surface area (Å²) in [7, 11) is 0. The van der Waals surface area contributed by atoms with E-state index in [-0.39, 0.29) is 5.78 Å². The topological polar surface area (TPSA) is 71.5 Å². The fourth-order valence-electron chi connectivity index (χ4n) is 1.14. The number of hydrogen-bond acceptors (Lipinski definition) is 5. The lowest BCUT2D eigenvalue weighted by atomic mass is 10.4. The molecule has 0 fully saturated rings. The number of carbonyl (C=O) groups is 1. The smallest absolute Gasteiger partial charge is 0.181 e. The molecule has 78 valence electrons. The monoisotopic (exact) mass is 222 g/mol. The van der Waals surface area contributed by atoms with Gasteiger partial charge in [-0.3, -0.25) is 4.79 Å². The molecule has 2 aromatic rings. The number of aromatic nitrogens is 4. The summed E-state index contributed by atoms with van der Waals surface area (Å²) < 4.78 is 0. The molecule has 0 unspecified atom stereocenters. The molecule has 1 N–H and O–H groups in total. The number of rotatable bonds is 4. The van der Waals surface area contributed by atoms with Gasteiger partial charge in [0.1, 0.15) is 22.7 Å². The van der Waals surface area contributed by atoms with Crippen molar-refractivity contribution in [3.05, 3.63) is 12.7 Å². The molecule has 0 spiro atoms. The molecule has 0 atom stereocenters. The zero-order valence-corrected chi connectivity index (χ0v) is 9.04. The third kappa shape index (κ3) is 2.33. The number of thioether (sulfide) groups is 1. The highest BCUT2D eigenvalue weighted by Gasteiger charge is 2.06. The fraction of sp³-hybridized carbons (Fsp3) is 0.333. The SMILES string of the molecule is CC(=O)CCSc1ncnc2nc[nH]c12. The number of carbonyl (C=O) groups excluding carboxylic acids is 1. The molecule has 0 radical (unpaired) electrons. The second-order valence-corrected chi connectivity index (χ2v) is 4.16. The van der Waals surface area contributed by atoms with Gasteiger partial charge in [0, 0.05) is 12.2 Å². The van der Waals surface area contributed by atoms with Gasteiger partial charge in [-0.15, -0.1) is 11.8 Å². The van der Waals surface area contributed by atoms with Crippen LogP contribution in [0, 0.1) is 0 Å². The van der Waals surface area contributed by atoms with E-state index in [9.17, 15) is 4.79 Å². The number of ketones is 1. The molecular formula is C9H10N4OS. The van der Waals surface area contributed by atoms with Crippen LogP contribution in [0.25, 0.3) is 11.2 Å². The highest BCUT2D eigenvalue weighted by atomic mass is 32.2. The van der Waals surface area contributed by atoms with Crippen LogP contribution in [0.2, 0.25) is 0 Å². The van der Waals surface area contributed by atoms with E-state index in [1.54, 1.807) is 13.3 Å². The van der Waals surface area contributed by atoms with Crippen LogP contribution in [-0.4, -0.2) is 31.5 Å². The molecule has 5 nitrogen and oxygen atoms in total. The Morgan fingerprint density at radius 1 is 1.47 bits per heavy atom. The molecule has 0 aliphatic heterocycles. The maximum Gasteiger partial charge on any atom is 0.181 e. The first-order valence-electron chi connectivity index (χ1n) is 4.53. The van der Waals surface area contributed by atoms with E-state index in [4.69, 9.17) is 0 Å². The summed E-state index contributed by atoms with van der Waals surface area (Å²) in [5, 5.41) is 0.846. The molecule has 6 heteroatoms. The Bertz CT molecular complexity index is 482. The van der Waals surface area contributed by atoms with Crippen molar-refractivity contribution in [1.29, 1.82) is 0 Å². The molecule has 0 aromatic carbocycles. The first-order valence-corrected chi connectivity index (χ1v) is 5.52. The van der Waals surface area contributed by atoms with E-state index in [1.807, 2.05) is 0 Å². The predicted octanol–water partition coefficient (Wildman–Crippen LogP) is 1.42. The van der Waals surface area contributed by atoms with Gasteiger partial charge in [-0.2, -0.15) is 0 Å². The summed E-state index contributed by atoms with van der Waals surface area (Å²) in [5.74, 6) is 0.929. The minimum Gasteiger partial charge on any atom is -0.341 e. The molecule has 0 amide bonds. The third-order valence-corrected chi connectivity index (χ3v) is 2.87. The maximum atomic E-state index is 10.8. The third-order valence-electron chi connectivity index (χ3n) is 1.88. The predicted molar refractivity (Wildman–Crippen MR) is 57.7 cm³/mol. The summed E-state index contributed by atoms with van der Waals surface area (Å²) in [4.78, 5) is 26.0. The minimum absolute atomic E-state index is 0.192. The Balaban J connectivity index is 2.13. The molecule has 0 aliphatic carbocycles. The average Bonchev–Trinajstić information content (AvgIpc) is 2.65. The average molecular weight is 222 g/mol. The first kappa shape index (κ1) is 10.1. The van der Waals surface area contributed by atoms with E-state index in [0.717, 1.165) is 16.3 Å². The zero-order chi connectivity index (χ0) is 10.7. The summed E-state index contributed by atoms with van der Waals surface area (Å²) in [6, 6.07) is 0. The van der Waals surface area contributed by atoms with Crippen LogP contribution >= 0.6 is 11.8 Å². The van der Waals surface area contributed by atoms with Crippen LogP contribution in [0.1, 0.15) is 13.3 Å². The number of imidazole rings is 1. The summed E-state index contributed by atoms with van der Waals surface area (Å²) >= 11 is 1.54. The molecule has 0 saturated carbocycles. The quantitative estimate of drug-likeness (QED) is 0.625. The number of Topliss-reactive ketones (excluding diaryl/α,β-unsaturated/α-hetero) is 1. The van der Waals surface area contributed by atoms with Crippen LogP contribution in [0.15, 0.2) is 17.7 Å². The van der Waals surface area contributed by atoms with Crippen LogP contribution in [-0.2, 0) is 4.79 Å². The van der Waals surface area contributed by atoms with E-state index in [2.05, 4.69) is 19.9 Å². The molecule has 15 heavy (non-hydrogen) atoms. The Hall–Kier alpha value is -1.43. The minimum atomic E-state index is 0.192. The van der Waals surface area contributed by atoms with Gasteiger partial charge in [-0.1, -0.05) is 0 Å². The molecule has 0 aliphatic rings. The van der Waals surface area contributed by atoms with Crippen molar-refractivity contribution >= 4 is 28.7 Å². The second kappa shape index (κ2) is 4.39. The second-order valence-electron chi connectivity index (χ2n) is 3.08. The van der Waals surface area contributed by atoms with E-state index >= 15 is 0 Å². The van der Waals surface area contributed by atoms with Gasteiger partial charge in [0.25, 0.3) is 0 Å². The molecule has 2 heterocycles. The van der Waals surface area contributed by atoms with Gasteiger partial charge in [0.05, 0.1) is 6.33 Å². The Morgan fingerprint density at radius 3 is 3.13 bits per heavy atom. The Labute approximate surface area is 90.7 Å². The van der Waals surface area contributed by atoms with Crippen molar-refractivity contribution in [3.8, 4) is 0 Å². The first-order chi connectivity index (χ1) is 7.27. The lowest BCUT2D eigenvalue weighted by Crippen LogP contribution is -1.93. The molecular weight excluding hydrogens is 212 g/mol. The van der Waals surface area contributed by atoms with Gasteiger partial charge in [-0.05, 0) is 6.92 Å².